The maximum absolute atomic E-state index is 10.5. The van der Waals surface area contributed by atoms with Gasteiger partial charge in [-0.3, -0.25) is 4.90 Å². The third-order valence-electron chi connectivity index (χ3n) is 4.13. The lowest BCUT2D eigenvalue weighted by Crippen LogP contribution is -2.32. The third-order valence-corrected chi connectivity index (χ3v) is 4.13. The zero-order valence-electron chi connectivity index (χ0n) is 14.3. The van der Waals surface area contributed by atoms with E-state index in [9.17, 15) is 5.11 Å². The molecule has 0 bridgehead atoms. The summed E-state index contributed by atoms with van der Waals surface area (Å²) in [5, 5.41) is 10.5. The first kappa shape index (κ1) is 17.5. The van der Waals surface area contributed by atoms with Gasteiger partial charge < -0.3 is 9.84 Å². The van der Waals surface area contributed by atoms with Gasteiger partial charge in [-0.25, -0.2) is 0 Å². The van der Waals surface area contributed by atoms with E-state index >= 15 is 0 Å². The van der Waals surface area contributed by atoms with Crippen molar-refractivity contribution in [1.29, 1.82) is 0 Å². The van der Waals surface area contributed by atoms with Crippen molar-refractivity contribution in [2.75, 3.05) is 13.7 Å². The molecule has 2 aromatic carbocycles. The van der Waals surface area contributed by atoms with Gasteiger partial charge in [-0.1, -0.05) is 42.5 Å². The molecular weight excluding hydrogens is 286 g/mol. The maximum Gasteiger partial charge on any atom is 0.119 e. The van der Waals surface area contributed by atoms with Crippen LogP contribution in [0.4, 0.5) is 0 Å². The van der Waals surface area contributed by atoms with Crippen molar-refractivity contribution in [2.24, 2.45) is 0 Å². The van der Waals surface area contributed by atoms with Crippen LogP contribution in [0.5, 0.6) is 5.75 Å². The van der Waals surface area contributed by atoms with Crippen LogP contribution >= 0.6 is 0 Å². The van der Waals surface area contributed by atoms with E-state index in [0.717, 1.165) is 24.4 Å². The Morgan fingerprint density at radius 2 is 1.78 bits per heavy atom. The fraction of sp³-hybridized carbons (Fsp3) is 0.400. The Balaban J connectivity index is 1.95. The summed E-state index contributed by atoms with van der Waals surface area (Å²) in [7, 11) is 1.64. The van der Waals surface area contributed by atoms with Crippen molar-refractivity contribution in [2.45, 2.75) is 39.0 Å². The van der Waals surface area contributed by atoms with Crippen LogP contribution < -0.4 is 4.74 Å². The molecule has 2 rings (SSSR count). The molecule has 0 saturated carbocycles. The lowest BCUT2D eigenvalue weighted by atomic mass is 10.1. The highest BCUT2D eigenvalue weighted by Crippen LogP contribution is 2.22. The molecule has 0 fully saturated rings. The van der Waals surface area contributed by atoms with Gasteiger partial charge in [0.2, 0.25) is 0 Å². The molecule has 1 atom stereocenters. The van der Waals surface area contributed by atoms with Crippen LogP contribution in [0.15, 0.2) is 54.6 Å². The van der Waals surface area contributed by atoms with Crippen LogP contribution in [0.1, 0.15) is 37.5 Å². The van der Waals surface area contributed by atoms with Gasteiger partial charge in [-0.2, -0.15) is 0 Å². The average molecular weight is 313 g/mol. The number of rotatable bonds is 8. The molecule has 0 spiro atoms. The Morgan fingerprint density at radius 1 is 1.04 bits per heavy atom. The molecule has 0 saturated heterocycles. The van der Waals surface area contributed by atoms with Crippen molar-refractivity contribution in [1.82, 2.24) is 4.90 Å². The van der Waals surface area contributed by atoms with Crippen LogP contribution in [-0.4, -0.2) is 29.7 Å². The molecule has 0 heterocycles. The lowest BCUT2D eigenvalue weighted by Gasteiger charge is -2.27. The standard InChI is InChI=1S/C20H27NO2/c1-16(2)21(15-17-8-5-4-6-9-17)13-12-20(22)18-10-7-11-19(14-18)23-3/h4-11,14,16,20,22H,12-13,15H2,1-3H3. The van der Waals surface area contributed by atoms with Crippen molar-refractivity contribution in [3.8, 4) is 5.75 Å². The zero-order valence-corrected chi connectivity index (χ0v) is 14.3. The van der Waals surface area contributed by atoms with E-state index in [1.807, 2.05) is 30.3 Å². The molecule has 0 amide bonds. The van der Waals surface area contributed by atoms with Gasteiger partial charge in [0.15, 0.2) is 0 Å². The van der Waals surface area contributed by atoms with E-state index in [4.69, 9.17) is 4.74 Å². The number of aliphatic hydroxyl groups excluding tert-OH is 1. The summed E-state index contributed by atoms with van der Waals surface area (Å²) < 4.78 is 5.23. The molecule has 2 aromatic rings. The van der Waals surface area contributed by atoms with Gasteiger partial charge in [0.05, 0.1) is 13.2 Å². The molecular formula is C20H27NO2. The smallest absolute Gasteiger partial charge is 0.119 e. The number of aliphatic hydroxyl groups is 1. The molecule has 0 aliphatic heterocycles. The van der Waals surface area contributed by atoms with Gasteiger partial charge in [-0.15, -0.1) is 0 Å². The molecule has 0 radical (unpaired) electrons. The van der Waals surface area contributed by atoms with Crippen LogP contribution in [0.3, 0.4) is 0 Å². The SMILES string of the molecule is COc1cccc(C(O)CCN(Cc2ccccc2)C(C)C)c1. The third kappa shape index (κ3) is 5.38. The molecule has 23 heavy (non-hydrogen) atoms. The van der Waals surface area contributed by atoms with Gasteiger partial charge in [0.25, 0.3) is 0 Å². The largest absolute Gasteiger partial charge is 0.497 e. The van der Waals surface area contributed by atoms with Crippen LogP contribution in [0.25, 0.3) is 0 Å². The van der Waals surface area contributed by atoms with Crippen molar-refractivity contribution in [3.63, 3.8) is 0 Å². The molecule has 0 aromatic heterocycles. The Kier molecular flexibility index (Phi) is 6.63. The number of hydrogen-bond acceptors (Lipinski definition) is 3. The number of hydrogen-bond donors (Lipinski definition) is 1. The Bertz CT molecular complexity index is 583. The summed E-state index contributed by atoms with van der Waals surface area (Å²) >= 11 is 0. The number of nitrogens with zero attached hydrogens (tertiary/aromatic N) is 1. The second-order valence-corrected chi connectivity index (χ2v) is 6.13. The molecule has 0 aliphatic carbocycles. The second kappa shape index (κ2) is 8.70. The normalized spacial score (nSPS) is 12.6. The monoisotopic (exact) mass is 313 g/mol. The molecule has 0 aliphatic rings. The Morgan fingerprint density at radius 3 is 2.43 bits per heavy atom. The zero-order chi connectivity index (χ0) is 16.7. The van der Waals surface area contributed by atoms with E-state index in [2.05, 4.69) is 43.0 Å². The van der Waals surface area contributed by atoms with Crippen molar-refractivity contribution < 1.29 is 9.84 Å². The minimum absolute atomic E-state index is 0.438. The van der Waals surface area contributed by atoms with Crippen molar-refractivity contribution in [3.05, 3.63) is 65.7 Å². The number of ether oxygens (including phenoxy) is 1. The van der Waals surface area contributed by atoms with E-state index in [1.54, 1.807) is 7.11 Å². The van der Waals surface area contributed by atoms with Crippen LogP contribution in [0.2, 0.25) is 0 Å². The fourth-order valence-corrected chi connectivity index (χ4v) is 2.64. The molecule has 1 N–H and O–H groups in total. The molecule has 3 nitrogen and oxygen atoms in total. The minimum Gasteiger partial charge on any atom is -0.497 e. The second-order valence-electron chi connectivity index (χ2n) is 6.13. The highest BCUT2D eigenvalue weighted by atomic mass is 16.5. The molecule has 124 valence electrons. The first-order chi connectivity index (χ1) is 11.1. The summed E-state index contributed by atoms with van der Waals surface area (Å²) in [6.45, 7) is 6.15. The van der Waals surface area contributed by atoms with E-state index < -0.39 is 6.10 Å². The fourth-order valence-electron chi connectivity index (χ4n) is 2.64. The Labute approximate surface area is 139 Å². The van der Waals surface area contributed by atoms with Crippen LogP contribution in [0, 0.1) is 0 Å². The Hall–Kier alpha value is -1.84. The summed E-state index contributed by atoms with van der Waals surface area (Å²) in [6.07, 6.45) is 0.236. The summed E-state index contributed by atoms with van der Waals surface area (Å²) in [5.41, 5.74) is 2.21. The first-order valence-electron chi connectivity index (χ1n) is 8.20. The predicted molar refractivity (Wildman–Crippen MR) is 94.6 cm³/mol. The van der Waals surface area contributed by atoms with E-state index in [0.29, 0.717) is 12.5 Å². The highest BCUT2D eigenvalue weighted by Gasteiger charge is 2.14. The first-order valence-corrected chi connectivity index (χ1v) is 8.20. The minimum atomic E-state index is -0.470. The highest BCUT2D eigenvalue weighted by molar-refractivity contribution is 5.29. The number of benzene rings is 2. The van der Waals surface area contributed by atoms with E-state index in [-0.39, 0.29) is 0 Å². The van der Waals surface area contributed by atoms with E-state index in [1.165, 1.54) is 5.56 Å². The average Bonchev–Trinajstić information content (AvgIpc) is 2.59. The molecule has 1 unspecified atom stereocenters. The summed E-state index contributed by atoms with van der Waals surface area (Å²) in [5.74, 6) is 0.784. The van der Waals surface area contributed by atoms with Gasteiger partial charge in [0.1, 0.15) is 5.75 Å². The van der Waals surface area contributed by atoms with Gasteiger partial charge >= 0.3 is 0 Å². The quantitative estimate of drug-likeness (QED) is 0.798. The topological polar surface area (TPSA) is 32.7 Å². The van der Waals surface area contributed by atoms with Crippen molar-refractivity contribution >= 4 is 0 Å². The number of methoxy groups -OCH3 is 1. The summed E-state index contributed by atoms with van der Waals surface area (Å²) in [4.78, 5) is 2.39. The molecule has 3 heteroatoms. The predicted octanol–water partition coefficient (Wildman–Crippen LogP) is 4.03. The van der Waals surface area contributed by atoms with Crippen LogP contribution in [-0.2, 0) is 6.54 Å². The maximum atomic E-state index is 10.5. The van der Waals surface area contributed by atoms with Gasteiger partial charge in [-0.05, 0) is 43.5 Å². The summed E-state index contributed by atoms with van der Waals surface area (Å²) in [6, 6.07) is 18.6. The van der Waals surface area contributed by atoms with Gasteiger partial charge in [0, 0.05) is 19.1 Å². The lowest BCUT2D eigenvalue weighted by molar-refractivity contribution is 0.126.